The molecule has 2 aromatic carbocycles. The molecular formula is C15H14Cl2N2S. The Kier molecular flexibility index (Phi) is 4.86. The van der Waals surface area contributed by atoms with Crippen molar-refractivity contribution >= 4 is 46.1 Å². The van der Waals surface area contributed by atoms with Gasteiger partial charge in [0, 0.05) is 16.6 Å². The molecule has 1 unspecified atom stereocenters. The highest BCUT2D eigenvalue weighted by Crippen LogP contribution is 2.27. The van der Waals surface area contributed by atoms with Crippen molar-refractivity contribution in [3.63, 3.8) is 0 Å². The molecule has 20 heavy (non-hydrogen) atoms. The van der Waals surface area contributed by atoms with E-state index in [1.54, 1.807) is 6.07 Å². The number of nitrogens with one attached hydrogen (secondary N) is 1. The van der Waals surface area contributed by atoms with E-state index in [-0.39, 0.29) is 6.04 Å². The van der Waals surface area contributed by atoms with Gasteiger partial charge in [-0.25, -0.2) is 0 Å². The highest BCUT2D eigenvalue weighted by atomic mass is 35.5. The summed E-state index contributed by atoms with van der Waals surface area (Å²) in [5.74, 6) is 0. The van der Waals surface area contributed by atoms with Crippen molar-refractivity contribution in [2.75, 3.05) is 5.32 Å². The van der Waals surface area contributed by atoms with Gasteiger partial charge in [0.15, 0.2) is 0 Å². The Hall–Kier alpha value is -1.29. The third-order valence-corrected chi connectivity index (χ3v) is 3.80. The molecule has 5 heteroatoms. The molecular weight excluding hydrogens is 311 g/mol. The van der Waals surface area contributed by atoms with E-state index in [9.17, 15) is 0 Å². The Balaban J connectivity index is 2.17. The first-order chi connectivity index (χ1) is 9.47. The summed E-state index contributed by atoms with van der Waals surface area (Å²) in [6.45, 7) is 2.06. The Morgan fingerprint density at radius 1 is 1.15 bits per heavy atom. The number of thiocarbonyl (C=S) groups is 1. The third-order valence-electron chi connectivity index (χ3n) is 3.00. The fourth-order valence-electron chi connectivity index (χ4n) is 1.85. The average Bonchev–Trinajstić information content (AvgIpc) is 2.41. The topological polar surface area (TPSA) is 38.0 Å². The van der Waals surface area contributed by atoms with Crippen LogP contribution >= 0.6 is 35.4 Å². The number of hydrogen-bond donors (Lipinski definition) is 2. The SMILES string of the molecule is CC(Nc1ccc(C(N)=S)cc1Cl)c1ccc(Cl)cc1. The molecule has 0 amide bonds. The maximum atomic E-state index is 6.23. The summed E-state index contributed by atoms with van der Waals surface area (Å²) in [7, 11) is 0. The zero-order valence-corrected chi connectivity index (χ0v) is 13.2. The van der Waals surface area contributed by atoms with Crippen LogP contribution in [0.2, 0.25) is 10.0 Å². The summed E-state index contributed by atoms with van der Waals surface area (Å²) in [5, 5.41) is 4.67. The highest BCUT2D eigenvalue weighted by molar-refractivity contribution is 7.80. The number of nitrogens with two attached hydrogens (primary N) is 1. The summed E-state index contributed by atoms with van der Waals surface area (Å²) in [6.07, 6.45) is 0. The number of hydrogen-bond acceptors (Lipinski definition) is 2. The van der Waals surface area contributed by atoms with E-state index in [2.05, 4.69) is 12.2 Å². The molecule has 3 N–H and O–H groups in total. The van der Waals surface area contributed by atoms with Gasteiger partial charge in [-0.3, -0.25) is 0 Å². The van der Waals surface area contributed by atoms with Gasteiger partial charge in [0.05, 0.1) is 10.7 Å². The summed E-state index contributed by atoms with van der Waals surface area (Å²) >= 11 is 17.0. The maximum absolute atomic E-state index is 6.23. The lowest BCUT2D eigenvalue weighted by Crippen LogP contribution is -2.10. The van der Waals surface area contributed by atoms with E-state index in [0.717, 1.165) is 21.8 Å². The predicted octanol–water partition coefficient (Wildman–Crippen LogP) is 4.80. The van der Waals surface area contributed by atoms with Crippen LogP contribution < -0.4 is 11.1 Å². The van der Waals surface area contributed by atoms with Crippen LogP contribution in [-0.4, -0.2) is 4.99 Å². The van der Waals surface area contributed by atoms with Gasteiger partial charge in [0.1, 0.15) is 4.99 Å². The molecule has 1 atom stereocenters. The molecule has 0 radical (unpaired) electrons. The molecule has 0 bridgehead atoms. The Bertz CT molecular complexity index is 626. The molecule has 0 aliphatic carbocycles. The molecule has 0 aliphatic heterocycles. The van der Waals surface area contributed by atoms with Crippen LogP contribution in [0.15, 0.2) is 42.5 Å². The molecule has 0 saturated carbocycles. The zero-order valence-electron chi connectivity index (χ0n) is 10.9. The van der Waals surface area contributed by atoms with Crippen molar-refractivity contribution in [3.8, 4) is 0 Å². The van der Waals surface area contributed by atoms with Crippen LogP contribution in [0, 0.1) is 0 Å². The quantitative estimate of drug-likeness (QED) is 0.793. The van der Waals surface area contributed by atoms with Gasteiger partial charge in [0.2, 0.25) is 0 Å². The summed E-state index contributed by atoms with van der Waals surface area (Å²) in [4.78, 5) is 0.337. The smallest absolute Gasteiger partial charge is 0.104 e. The highest BCUT2D eigenvalue weighted by Gasteiger charge is 2.09. The maximum Gasteiger partial charge on any atom is 0.104 e. The molecule has 0 spiro atoms. The van der Waals surface area contributed by atoms with Crippen molar-refractivity contribution in [1.29, 1.82) is 0 Å². The lowest BCUT2D eigenvalue weighted by Gasteiger charge is -2.17. The van der Waals surface area contributed by atoms with Gasteiger partial charge in [-0.1, -0.05) is 47.6 Å². The minimum absolute atomic E-state index is 0.112. The molecule has 0 fully saturated rings. The van der Waals surface area contributed by atoms with E-state index < -0.39 is 0 Å². The van der Waals surface area contributed by atoms with Crippen molar-refractivity contribution in [3.05, 3.63) is 63.6 Å². The lowest BCUT2D eigenvalue weighted by atomic mass is 10.1. The Morgan fingerprint density at radius 2 is 1.80 bits per heavy atom. The molecule has 0 aromatic heterocycles. The monoisotopic (exact) mass is 324 g/mol. The van der Waals surface area contributed by atoms with E-state index in [1.165, 1.54) is 0 Å². The van der Waals surface area contributed by atoms with Gasteiger partial charge in [-0.2, -0.15) is 0 Å². The lowest BCUT2D eigenvalue weighted by molar-refractivity contribution is 0.885. The summed E-state index contributed by atoms with van der Waals surface area (Å²) < 4.78 is 0. The predicted molar refractivity (Wildman–Crippen MR) is 90.8 cm³/mol. The number of rotatable bonds is 4. The van der Waals surface area contributed by atoms with Gasteiger partial charge in [-0.15, -0.1) is 0 Å². The van der Waals surface area contributed by atoms with Crippen LogP contribution in [-0.2, 0) is 0 Å². The van der Waals surface area contributed by atoms with Crippen molar-refractivity contribution < 1.29 is 0 Å². The standard InChI is InChI=1S/C15H14Cl2N2S/c1-9(10-2-5-12(16)6-3-10)19-14-7-4-11(15(18)20)8-13(14)17/h2-9,19H,1H3,(H2,18,20). The van der Waals surface area contributed by atoms with Crippen LogP contribution in [0.4, 0.5) is 5.69 Å². The molecule has 0 heterocycles. The number of anilines is 1. The fraction of sp³-hybridized carbons (Fsp3) is 0.133. The molecule has 0 saturated heterocycles. The third kappa shape index (κ3) is 3.63. The molecule has 0 aliphatic rings. The van der Waals surface area contributed by atoms with Crippen LogP contribution in [0.25, 0.3) is 0 Å². The second-order valence-corrected chi connectivity index (χ2v) is 5.76. The van der Waals surface area contributed by atoms with E-state index in [1.807, 2.05) is 36.4 Å². The average molecular weight is 325 g/mol. The van der Waals surface area contributed by atoms with Gasteiger partial charge >= 0.3 is 0 Å². The largest absolute Gasteiger partial charge is 0.389 e. The Morgan fingerprint density at radius 3 is 2.35 bits per heavy atom. The first-order valence-corrected chi connectivity index (χ1v) is 7.25. The van der Waals surface area contributed by atoms with Crippen LogP contribution in [0.1, 0.15) is 24.1 Å². The summed E-state index contributed by atoms with van der Waals surface area (Å²) in [6, 6.07) is 13.3. The molecule has 2 aromatic rings. The van der Waals surface area contributed by atoms with Crippen LogP contribution in [0.3, 0.4) is 0 Å². The van der Waals surface area contributed by atoms with E-state index in [0.29, 0.717) is 10.0 Å². The van der Waals surface area contributed by atoms with E-state index in [4.69, 9.17) is 41.2 Å². The number of benzene rings is 2. The molecule has 2 nitrogen and oxygen atoms in total. The van der Waals surface area contributed by atoms with E-state index >= 15 is 0 Å². The van der Waals surface area contributed by atoms with Crippen molar-refractivity contribution in [1.82, 2.24) is 0 Å². The first-order valence-electron chi connectivity index (χ1n) is 6.08. The number of halogens is 2. The van der Waals surface area contributed by atoms with Gasteiger partial charge in [-0.05, 0) is 42.8 Å². The minimum atomic E-state index is 0.112. The fourth-order valence-corrected chi connectivity index (χ4v) is 2.34. The molecule has 2 rings (SSSR count). The van der Waals surface area contributed by atoms with Crippen molar-refractivity contribution in [2.45, 2.75) is 13.0 Å². The van der Waals surface area contributed by atoms with Crippen LogP contribution in [0.5, 0.6) is 0 Å². The second kappa shape index (κ2) is 6.44. The van der Waals surface area contributed by atoms with Crippen molar-refractivity contribution in [2.24, 2.45) is 5.73 Å². The Labute approximate surface area is 133 Å². The first kappa shape index (κ1) is 15.1. The van der Waals surface area contributed by atoms with Gasteiger partial charge < -0.3 is 11.1 Å². The molecule has 104 valence electrons. The normalized spacial score (nSPS) is 11.9. The second-order valence-electron chi connectivity index (χ2n) is 4.48. The zero-order chi connectivity index (χ0) is 14.7. The van der Waals surface area contributed by atoms with Gasteiger partial charge in [0.25, 0.3) is 0 Å². The minimum Gasteiger partial charge on any atom is -0.389 e. The summed E-state index contributed by atoms with van der Waals surface area (Å²) in [5.41, 5.74) is 8.31.